The number of nitrogens with one attached hydrogen (secondary N) is 1. The van der Waals surface area contributed by atoms with E-state index in [-0.39, 0.29) is 6.42 Å². The van der Waals surface area contributed by atoms with E-state index >= 15 is 0 Å². The van der Waals surface area contributed by atoms with Crippen molar-refractivity contribution in [1.29, 1.82) is 0 Å². The van der Waals surface area contributed by atoms with E-state index in [1.54, 1.807) is 13.8 Å². The molecule has 7 nitrogen and oxygen atoms in total. The number of carboxylic acids is 2. The average Bonchev–Trinajstić information content (AvgIpc) is 2.65. The molecule has 0 fully saturated rings. The van der Waals surface area contributed by atoms with Crippen molar-refractivity contribution < 1.29 is 29.3 Å². The van der Waals surface area contributed by atoms with Gasteiger partial charge in [-0.1, -0.05) is 54.6 Å². The Labute approximate surface area is 163 Å². The maximum Gasteiger partial charge on any atom is 0.408 e. The highest BCUT2D eigenvalue weighted by atomic mass is 16.6. The van der Waals surface area contributed by atoms with Crippen molar-refractivity contribution in [1.82, 2.24) is 5.32 Å². The second kappa shape index (κ2) is 9.03. The van der Waals surface area contributed by atoms with Gasteiger partial charge in [-0.25, -0.2) is 4.79 Å². The average molecular weight is 384 g/mol. The van der Waals surface area contributed by atoms with Crippen molar-refractivity contribution in [3.8, 4) is 11.1 Å². The Morgan fingerprint density at radius 3 is 2.14 bits per heavy atom. The van der Waals surface area contributed by atoms with Crippen LogP contribution in [0, 0.1) is 0 Å². The minimum absolute atomic E-state index is 0.293. The number of carboxylic acid groups (broad SMARTS) is 2. The molecule has 2 rings (SSSR count). The molecule has 148 valence electrons. The summed E-state index contributed by atoms with van der Waals surface area (Å²) in [5.41, 5.74) is 1.76. The van der Waals surface area contributed by atoms with Crippen LogP contribution in [0.3, 0.4) is 0 Å². The lowest BCUT2D eigenvalue weighted by Gasteiger charge is -2.28. The fourth-order valence-corrected chi connectivity index (χ4v) is 2.67. The Morgan fingerprint density at radius 1 is 1.04 bits per heavy atom. The molecule has 0 heterocycles. The van der Waals surface area contributed by atoms with Crippen LogP contribution in [0.4, 0.5) is 4.79 Å². The molecule has 2 N–H and O–H groups in total. The molecular formula is C21H22NO6-. The smallest absolute Gasteiger partial charge is 0.408 e. The van der Waals surface area contributed by atoms with Crippen LogP contribution in [0.25, 0.3) is 11.1 Å². The van der Waals surface area contributed by atoms with Crippen LogP contribution < -0.4 is 10.4 Å². The molecule has 7 heteroatoms. The molecule has 1 amide bonds. The number of rotatable bonds is 8. The van der Waals surface area contributed by atoms with Gasteiger partial charge in [-0.3, -0.25) is 4.79 Å². The van der Waals surface area contributed by atoms with E-state index in [1.165, 1.54) is 0 Å². The predicted octanol–water partition coefficient (Wildman–Crippen LogP) is 2.30. The summed E-state index contributed by atoms with van der Waals surface area (Å²) in [6, 6.07) is 15.8. The maximum atomic E-state index is 12.1. The molecule has 0 saturated heterocycles. The summed E-state index contributed by atoms with van der Waals surface area (Å²) < 4.78 is 5.37. The molecule has 0 aliphatic heterocycles. The standard InChI is InChI=1S/C21H23NO6/c1-21(2,28-20(27)22-17(19(25)26)12-13-18(23)24)16-10-8-15(9-11-16)14-6-4-3-5-7-14/h3-11,17H,12-13H2,1-2H3,(H,22,27)(H,23,24)(H,25,26)/p-1. The van der Waals surface area contributed by atoms with Gasteiger partial charge in [0.1, 0.15) is 5.60 Å². The molecule has 0 saturated carbocycles. The molecular weight excluding hydrogens is 362 g/mol. The summed E-state index contributed by atoms with van der Waals surface area (Å²) in [7, 11) is 0. The first-order chi connectivity index (χ1) is 13.2. The first-order valence-electron chi connectivity index (χ1n) is 8.77. The van der Waals surface area contributed by atoms with Gasteiger partial charge in [0.25, 0.3) is 0 Å². The topological polar surface area (TPSA) is 116 Å². The normalized spacial score (nSPS) is 12.1. The van der Waals surface area contributed by atoms with Crippen molar-refractivity contribution in [2.75, 3.05) is 0 Å². The number of hydrogen-bond acceptors (Lipinski definition) is 5. The molecule has 0 aliphatic rings. The number of carbonyl (C=O) groups excluding carboxylic acids is 2. The van der Waals surface area contributed by atoms with Crippen LogP contribution in [0.1, 0.15) is 32.3 Å². The number of alkyl carbamates (subject to hydrolysis) is 1. The van der Waals surface area contributed by atoms with Gasteiger partial charge in [0.05, 0.1) is 12.0 Å². The van der Waals surface area contributed by atoms with Crippen LogP contribution in [0.15, 0.2) is 54.6 Å². The molecule has 0 bridgehead atoms. The highest BCUT2D eigenvalue weighted by Gasteiger charge is 2.27. The molecule has 1 unspecified atom stereocenters. The number of benzene rings is 2. The van der Waals surface area contributed by atoms with Gasteiger partial charge in [-0.05, 0) is 37.0 Å². The fourth-order valence-electron chi connectivity index (χ4n) is 2.67. The molecule has 1 atom stereocenters. The first kappa shape index (κ1) is 21.0. The van der Waals surface area contributed by atoms with Gasteiger partial charge >= 0.3 is 12.1 Å². The van der Waals surface area contributed by atoms with E-state index < -0.39 is 36.1 Å². The molecule has 2 aromatic carbocycles. The lowest BCUT2D eigenvalue weighted by atomic mass is 9.95. The molecule has 0 radical (unpaired) electrons. The summed E-state index contributed by atoms with van der Waals surface area (Å²) in [6.07, 6.45) is -1.67. The number of hydrogen-bond donors (Lipinski definition) is 2. The molecule has 0 spiro atoms. The Kier molecular flexibility index (Phi) is 6.76. The summed E-state index contributed by atoms with van der Waals surface area (Å²) >= 11 is 0. The van der Waals surface area contributed by atoms with Crippen LogP contribution in [0.5, 0.6) is 0 Å². The SMILES string of the molecule is CC(C)(OC(=O)NC(CCC(=O)O)C(=O)[O-])c1ccc(-c2ccccc2)cc1. The second-order valence-electron chi connectivity index (χ2n) is 6.79. The maximum absolute atomic E-state index is 12.1. The zero-order chi connectivity index (χ0) is 20.7. The highest BCUT2D eigenvalue weighted by Crippen LogP contribution is 2.28. The number of ether oxygens (including phenoxy) is 1. The number of amides is 1. The lowest BCUT2D eigenvalue weighted by Crippen LogP contribution is -2.49. The third kappa shape index (κ3) is 5.84. The summed E-state index contributed by atoms with van der Waals surface area (Å²) in [5, 5.41) is 21.9. The highest BCUT2D eigenvalue weighted by molar-refractivity contribution is 5.79. The van der Waals surface area contributed by atoms with E-state index in [1.807, 2.05) is 54.6 Å². The molecule has 0 aliphatic carbocycles. The minimum Gasteiger partial charge on any atom is -0.548 e. The lowest BCUT2D eigenvalue weighted by molar-refractivity contribution is -0.308. The zero-order valence-electron chi connectivity index (χ0n) is 15.7. The molecule has 2 aromatic rings. The van der Waals surface area contributed by atoms with Crippen LogP contribution >= 0.6 is 0 Å². The van der Waals surface area contributed by atoms with Crippen LogP contribution in [-0.2, 0) is 19.9 Å². The number of aliphatic carboxylic acids is 2. The van der Waals surface area contributed by atoms with Crippen LogP contribution in [0.2, 0.25) is 0 Å². The van der Waals surface area contributed by atoms with E-state index in [0.29, 0.717) is 0 Å². The monoisotopic (exact) mass is 384 g/mol. The van der Waals surface area contributed by atoms with Gasteiger partial charge in [0.2, 0.25) is 0 Å². The second-order valence-corrected chi connectivity index (χ2v) is 6.79. The van der Waals surface area contributed by atoms with E-state index in [2.05, 4.69) is 5.32 Å². The summed E-state index contributed by atoms with van der Waals surface area (Å²) in [4.78, 5) is 33.8. The predicted molar refractivity (Wildman–Crippen MR) is 100 cm³/mol. The quantitative estimate of drug-likeness (QED) is 0.721. The Hall–Kier alpha value is -3.35. The van der Waals surface area contributed by atoms with E-state index in [9.17, 15) is 19.5 Å². The number of carbonyl (C=O) groups is 3. The van der Waals surface area contributed by atoms with Gasteiger partial charge in [0.15, 0.2) is 0 Å². The third-order valence-electron chi connectivity index (χ3n) is 4.26. The van der Waals surface area contributed by atoms with E-state index in [4.69, 9.17) is 9.84 Å². The van der Waals surface area contributed by atoms with Gasteiger partial charge < -0.3 is 25.1 Å². The Balaban J connectivity index is 2.04. The van der Waals surface area contributed by atoms with Gasteiger partial charge in [-0.2, -0.15) is 0 Å². The van der Waals surface area contributed by atoms with Gasteiger partial charge in [0, 0.05) is 6.42 Å². The largest absolute Gasteiger partial charge is 0.548 e. The van der Waals surface area contributed by atoms with Crippen molar-refractivity contribution in [3.05, 3.63) is 60.2 Å². The minimum atomic E-state index is -1.57. The van der Waals surface area contributed by atoms with Gasteiger partial charge in [-0.15, -0.1) is 0 Å². The molecule has 0 aromatic heterocycles. The van der Waals surface area contributed by atoms with Crippen LogP contribution in [-0.4, -0.2) is 29.2 Å². The molecule has 28 heavy (non-hydrogen) atoms. The van der Waals surface area contributed by atoms with Crippen molar-refractivity contribution >= 4 is 18.0 Å². The van der Waals surface area contributed by atoms with Crippen molar-refractivity contribution in [3.63, 3.8) is 0 Å². The Morgan fingerprint density at radius 2 is 1.61 bits per heavy atom. The van der Waals surface area contributed by atoms with E-state index in [0.717, 1.165) is 16.7 Å². The summed E-state index contributed by atoms with van der Waals surface area (Å²) in [5.74, 6) is -2.73. The first-order valence-corrected chi connectivity index (χ1v) is 8.77. The summed E-state index contributed by atoms with van der Waals surface area (Å²) in [6.45, 7) is 3.35. The van der Waals surface area contributed by atoms with Crippen molar-refractivity contribution in [2.24, 2.45) is 0 Å². The van der Waals surface area contributed by atoms with Crippen molar-refractivity contribution in [2.45, 2.75) is 38.3 Å². The zero-order valence-corrected chi connectivity index (χ0v) is 15.7. The third-order valence-corrected chi connectivity index (χ3v) is 4.26. The Bertz CT molecular complexity index is 830. The fraction of sp³-hybridized carbons (Fsp3) is 0.286.